The Morgan fingerprint density at radius 1 is 1.18 bits per heavy atom. The van der Waals surface area contributed by atoms with Gasteiger partial charge in [-0.05, 0) is 31.2 Å². The maximum Gasteiger partial charge on any atom is 0.326 e. The summed E-state index contributed by atoms with van der Waals surface area (Å²) < 4.78 is 27.2. The summed E-state index contributed by atoms with van der Waals surface area (Å²) in [6.07, 6.45) is 0.723. The van der Waals surface area contributed by atoms with Crippen molar-refractivity contribution in [2.45, 2.75) is 17.4 Å². The summed E-state index contributed by atoms with van der Waals surface area (Å²) in [6, 6.07) is 3.88. The Morgan fingerprint density at radius 2 is 1.95 bits per heavy atom. The van der Waals surface area contributed by atoms with Crippen molar-refractivity contribution in [1.82, 2.24) is 20.0 Å². The van der Waals surface area contributed by atoms with E-state index < -0.39 is 21.3 Å². The van der Waals surface area contributed by atoms with Crippen molar-refractivity contribution in [3.05, 3.63) is 39.0 Å². The van der Waals surface area contributed by atoms with Crippen LogP contribution in [0.3, 0.4) is 0 Å². The molecule has 0 saturated carbocycles. The van der Waals surface area contributed by atoms with E-state index in [1.807, 2.05) is 0 Å². The quantitative estimate of drug-likeness (QED) is 0.584. The number of sulfonamides is 1. The number of aromatic amines is 2. The van der Waals surface area contributed by atoms with Crippen molar-refractivity contribution in [2.24, 2.45) is 0 Å². The molecule has 3 rings (SSSR count). The highest BCUT2D eigenvalue weighted by molar-refractivity contribution is 7.89. The maximum atomic E-state index is 12.3. The Balaban J connectivity index is 0.00000176. The van der Waals surface area contributed by atoms with Gasteiger partial charge in [0.15, 0.2) is 0 Å². The van der Waals surface area contributed by atoms with E-state index in [-0.39, 0.29) is 28.7 Å². The van der Waals surface area contributed by atoms with Crippen LogP contribution in [0.25, 0.3) is 10.9 Å². The van der Waals surface area contributed by atoms with E-state index in [1.54, 1.807) is 0 Å². The molecule has 1 aliphatic rings. The molecule has 22 heavy (non-hydrogen) atoms. The third kappa shape index (κ3) is 3.22. The molecule has 0 aliphatic carbocycles. The number of nitrogens with one attached hydrogen (secondary N) is 4. The van der Waals surface area contributed by atoms with Gasteiger partial charge in [-0.1, -0.05) is 0 Å². The van der Waals surface area contributed by atoms with Gasteiger partial charge in [-0.25, -0.2) is 17.9 Å². The number of fused-ring (bicyclic) bond motifs is 1. The Morgan fingerprint density at radius 3 is 2.64 bits per heavy atom. The average Bonchev–Trinajstić information content (AvgIpc) is 2.90. The van der Waals surface area contributed by atoms with E-state index in [0.29, 0.717) is 12.1 Å². The van der Waals surface area contributed by atoms with Crippen molar-refractivity contribution in [2.75, 3.05) is 13.1 Å². The van der Waals surface area contributed by atoms with E-state index in [1.165, 1.54) is 18.2 Å². The van der Waals surface area contributed by atoms with Crippen LogP contribution in [0.4, 0.5) is 0 Å². The minimum atomic E-state index is -3.70. The molecule has 4 N–H and O–H groups in total. The van der Waals surface area contributed by atoms with Crippen molar-refractivity contribution in [1.29, 1.82) is 0 Å². The fourth-order valence-corrected chi connectivity index (χ4v) is 3.65. The molecule has 1 saturated heterocycles. The molecule has 1 aromatic heterocycles. The zero-order valence-electron chi connectivity index (χ0n) is 11.4. The largest absolute Gasteiger partial charge is 0.326 e. The van der Waals surface area contributed by atoms with Gasteiger partial charge in [0.05, 0.1) is 15.8 Å². The molecule has 2 aromatic rings. The Hall–Kier alpha value is -1.68. The molecule has 120 valence electrons. The first-order valence-electron chi connectivity index (χ1n) is 6.45. The number of aromatic nitrogens is 2. The summed E-state index contributed by atoms with van der Waals surface area (Å²) in [5.41, 5.74) is -0.947. The normalized spacial score (nSPS) is 18.3. The number of benzene rings is 1. The molecule has 0 amide bonds. The summed E-state index contributed by atoms with van der Waals surface area (Å²) >= 11 is 0. The lowest BCUT2D eigenvalue weighted by molar-refractivity contribution is 0.560. The lowest BCUT2D eigenvalue weighted by atomic mass is 10.2. The Bertz CT molecular complexity index is 899. The summed E-state index contributed by atoms with van der Waals surface area (Å²) in [6.45, 7) is 1.35. The highest BCUT2D eigenvalue weighted by atomic mass is 35.5. The van der Waals surface area contributed by atoms with E-state index in [9.17, 15) is 18.0 Å². The monoisotopic (exact) mass is 346 g/mol. The minimum Gasteiger partial charge on any atom is -0.315 e. The SMILES string of the molecule is Cl.O=c1[nH]c(=O)c2cc(S(=O)(=O)NC3CCNC3)ccc2[nH]1. The summed E-state index contributed by atoms with van der Waals surface area (Å²) in [7, 11) is -3.70. The lowest BCUT2D eigenvalue weighted by Crippen LogP contribution is -2.36. The topological polar surface area (TPSA) is 124 Å². The van der Waals surface area contributed by atoms with Crippen molar-refractivity contribution in [3.8, 4) is 0 Å². The fourth-order valence-electron chi connectivity index (χ4n) is 2.35. The maximum absolute atomic E-state index is 12.3. The Labute approximate surface area is 131 Å². The minimum absolute atomic E-state index is 0. The molecule has 10 heteroatoms. The van der Waals surface area contributed by atoms with Gasteiger partial charge in [-0.2, -0.15) is 0 Å². The van der Waals surface area contributed by atoms with Gasteiger partial charge in [0.25, 0.3) is 5.56 Å². The first-order chi connectivity index (χ1) is 9.95. The smallest absolute Gasteiger partial charge is 0.315 e. The van der Waals surface area contributed by atoms with E-state index in [4.69, 9.17) is 0 Å². The molecule has 1 fully saturated rings. The van der Waals surface area contributed by atoms with Crippen LogP contribution in [-0.2, 0) is 10.0 Å². The molecular formula is C12H15ClN4O4S. The first kappa shape index (κ1) is 16.7. The molecular weight excluding hydrogens is 332 g/mol. The van der Waals surface area contributed by atoms with Crippen LogP contribution in [0.2, 0.25) is 0 Å². The second-order valence-electron chi connectivity index (χ2n) is 4.93. The fraction of sp³-hybridized carbons (Fsp3) is 0.333. The van der Waals surface area contributed by atoms with Gasteiger partial charge in [0, 0.05) is 12.6 Å². The molecule has 0 spiro atoms. The zero-order valence-corrected chi connectivity index (χ0v) is 13.0. The predicted octanol–water partition coefficient (Wildman–Crippen LogP) is -0.722. The number of hydrogen-bond donors (Lipinski definition) is 4. The van der Waals surface area contributed by atoms with Crippen LogP contribution >= 0.6 is 12.4 Å². The van der Waals surface area contributed by atoms with Gasteiger partial charge in [0.1, 0.15) is 0 Å². The van der Waals surface area contributed by atoms with Crippen LogP contribution in [-0.4, -0.2) is 37.5 Å². The third-order valence-electron chi connectivity index (χ3n) is 3.40. The lowest BCUT2D eigenvalue weighted by Gasteiger charge is -2.12. The van der Waals surface area contributed by atoms with E-state index in [0.717, 1.165) is 13.0 Å². The van der Waals surface area contributed by atoms with E-state index >= 15 is 0 Å². The number of halogens is 1. The molecule has 1 aliphatic heterocycles. The summed E-state index contributed by atoms with van der Waals surface area (Å²) in [5, 5.41) is 3.20. The molecule has 1 aromatic carbocycles. The standard InChI is InChI=1S/C12H14N4O4S.ClH/c17-11-9-5-8(1-2-10(9)14-12(18)15-11)21(19,20)16-7-3-4-13-6-7;/h1-2,5,7,13,16H,3-4,6H2,(H2,14,15,17,18);1H. The second kappa shape index (κ2) is 6.21. The van der Waals surface area contributed by atoms with Gasteiger partial charge in [0.2, 0.25) is 10.0 Å². The van der Waals surface area contributed by atoms with Crippen LogP contribution < -0.4 is 21.3 Å². The summed E-state index contributed by atoms with van der Waals surface area (Å²) in [5.74, 6) is 0. The molecule has 8 nitrogen and oxygen atoms in total. The third-order valence-corrected chi connectivity index (χ3v) is 4.92. The van der Waals surface area contributed by atoms with Crippen LogP contribution in [0.5, 0.6) is 0 Å². The van der Waals surface area contributed by atoms with Crippen LogP contribution in [0.15, 0.2) is 32.7 Å². The van der Waals surface area contributed by atoms with Crippen LogP contribution in [0, 0.1) is 0 Å². The summed E-state index contributed by atoms with van der Waals surface area (Å²) in [4.78, 5) is 27.4. The second-order valence-corrected chi connectivity index (χ2v) is 6.64. The number of rotatable bonds is 3. The number of H-pyrrole nitrogens is 2. The van der Waals surface area contributed by atoms with Gasteiger partial charge < -0.3 is 10.3 Å². The van der Waals surface area contributed by atoms with Crippen LogP contribution in [0.1, 0.15) is 6.42 Å². The average molecular weight is 347 g/mol. The van der Waals surface area contributed by atoms with Crippen molar-refractivity contribution >= 4 is 33.3 Å². The van der Waals surface area contributed by atoms with Gasteiger partial charge >= 0.3 is 5.69 Å². The first-order valence-corrected chi connectivity index (χ1v) is 7.93. The Kier molecular flexibility index (Phi) is 4.71. The van der Waals surface area contributed by atoms with Gasteiger partial charge in [-0.15, -0.1) is 12.4 Å². The molecule has 1 unspecified atom stereocenters. The molecule has 1 atom stereocenters. The van der Waals surface area contributed by atoms with Gasteiger partial charge in [-0.3, -0.25) is 9.78 Å². The van der Waals surface area contributed by atoms with E-state index in [2.05, 4.69) is 20.0 Å². The highest BCUT2D eigenvalue weighted by Gasteiger charge is 2.23. The van der Waals surface area contributed by atoms with Crippen molar-refractivity contribution < 1.29 is 8.42 Å². The highest BCUT2D eigenvalue weighted by Crippen LogP contribution is 2.15. The zero-order chi connectivity index (χ0) is 15.0. The molecule has 2 heterocycles. The van der Waals surface area contributed by atoms with Crippen molar-refractivity contribution in [3.63, 3.8) is 0 Å². The molecule has 0 radical (unpaired) electrons. The predicted molar refractivity (Wildman–Crippen MR) is 84.0 cm³/mol. The number of hydrogen-bond acceptors (Lipinski definition) is 5. The molecule has 0 bridgehead atoms.